The highest BCUT2D eigenvalue weighted by Crippen LogP contribution is 2.40. The molecule has 0 radical (unpaired) electrons. The third kappa shape index (κ3) is 2.44. The van der Waals surface area contributed by atoms with E-state index in [1.54, 1.807) is 7.11 Å². The van der Waals surface area contributed by atoms with Gasteiger partial charge in [-0.3, -0.25) is 0 Å². The zero-order chi connectivity index (χ0) is 15.0. The van der Waals surface area contributed by atoms with Gasteiger partial charge in [-0.25, -0.2) is 0 Å². The molecule has 2 aromatic rings. The van der Waals surface area contributed by atoms with Crippen LogP contribution in [0.15, 0.2) is 36.4 Å². The fourth-order valence-electron chi connectivity index (χ4n) is 3.70. The van der Waals surface area contributed by atoms with Crippen LogP contribution in [-0.4, -0.2) is 7.11 Å². The summed E-state index contributed by atoms with van der Waals surface area (Å²) in [6, 6.07) is 12.9. The number of hydrogen-bond donors (Lipinski definition) is 1. The van der Waals surface area contributed by atoms with Gasteiger partial charge in [-0.2, -0.15) is 0 Å². The summed E-state index contributed by atoms with van der Waals surface area (Å²) in [7, 11) is 1.73. The zero-order valence-corrected chi connectivity index (χ0v) is 13.1. The number of nitrogens with two attached hydrogens (primary N) is 1. The van der Waals surface area contributed by atoms with Gasteiger partial charge in [0.2, 0.25) is 0 Å². The molecule has 0 aromatic heterocycles. The summed E-state index contributed by atoms with van der Waals surface area (Å²) < 4.78 is 5.63. The number of ether oxygens (including phenoxy) is 1. The van der Waals surface area contributed by atoms with Crippen LogP contribution in [0.3, 0.4) is 0 Å². The van der Waals surface area contributed by atoms with E-state index in [0.29, 0.717) is 0 Å². The maximum atomic E-state index is 6.84. The summed E-state index contributed by atoms with van der Waals surface area (Å²) in [5, 5.41) is 0. The number of benzene rings is 2. The van der Waals surface area contributed by atoms with Crippen LogP contribution in [0.4, 0.5) is 0 Å². The van der Waals surface area contributed by atoms with E-state index < -0.39 is 0 Å². The molecule has 0 heterocycles. The van der Waals surface area contributed by atoms with Crippen molar-refractivity contribution >= 4 is 0 Å². The van der Waals surface area contributed by atoms with E-state index in [4.69, 9.17) is 10.5 Å². The smallest absolute Gasteiger partial charge is 0.124 e. The van der Waals surface area contributed by atoms with Crippen molar-refractivity contribution in [1.29, 1.82) is 0 Å². The van der Waals surface area contributed by atoms with Gasteiger partial charge in [0.25, 0.3) is 0 Å². The molecule has 110 valence electrons. The number of rotatable bonds is 2. The summed E-state index contributed by atoms with van der Waals surface area (Å²) in [5.41, 5.74) is 12.9. The summed E-state index contributed by atoms with van der Waals surface area (Å²) >= 11 is 0. The molecule has 1 aliphatic carbocycles. The van der Waals surface area contributed by atoms with Crippen LogP contribution in [0, 0.1) is 13.8 Å². The molecule has 2 N–H and O–H groups in total. The van der Waals surface area contributed by atoms with Crippen LogP contribution >= 0.6 is 0 Å². The second-order valence-electron chi connectivity index (χ2n) is 6.26. The molecule has 1 unspecified atom stereocenters. The van der Waals surface area contributed by atoms with Crippen LogP contribution in [-0.2, 0) is 18.4 Å². The average Bonchev–Trinajstić information content (AvgIpc) is 2.45. The van der Waals surface area contributed by atoms with Crippen molar-refractivity contribution in [2.75, 3.05) is 7.11 Å². The minimum atomic E-state index is -0.336. The van der Waals surface area contributed by atoms with E-state index in [-0.39, 0.29) is 5.54 Å². The number of aryl methyl sites for hydroxylation is 3. The van der Waals surface area contributed by atoms with Crippen molar-refractivity contribution < 1.29 is 4.74 Å². The van der Waals surface area contributed by atoms with Crippen molar-refractivity contribution in [3.05, 3.63) is 64.2 Å². The molecule has 3 rings (SSSR count). The molecule has 0 fully saturated rings. The van der Waals surface area contributed by atoms with E-state index in [2.05, 4.69) is 50.2 Å². The van der Waals surface area contributed by atoms with Crippen LogP contribution < -0.4 is 10.5 Å². The predicted molar refractivity (Wildman–Crippen MR) is 86.8 cm³/mol. The normalized spacial score (nSPS) is 21.0. The lowest BCUT2D eigenvalue weighted by Crippen LogP contribution is -2.43. The first-order valence-corrected chi connectivity index (χ1v) is 7.55. The first-order valence-electron chi connectivity index (χ1n) is 7.55. The molecule has 2 heteroatoms. The van der Waals surface area contributed by atoms with E-state index in [1.807, 2.05) is 0 Å². The van der Waals surface area contributed by atoms with Crippen molar-refractivity contribution in [3.63, 3.8) is 0 Å². The van der Waals surface area contributed by atoms with E-state index in [1.165, 1.54) is 27.8 Å². The SMILES string of the molecule is COc1cc(C)cc(C)c1C1(N)CCc2ccccc2C1. The highest BCUT2D eigenvalue weighted by atomic mass is 16.5. The fraction of sp³-hybridized carbons (Fsp3) is 0.368. The van der Waals surface area contributed by atoms with Crippen molar-refractivity contribution in [2.24, 2.45) is 5.73 Å². The molecule has 1 atom stereocenters. The zero-order valence-electron chi connectivity index (χ0n) is 13.1. The Balaban J connectivity index is 2.09. The van der Waals surface area contributed by atoms with Crippen LogP contribution in [0.1, 0.15) is 34.2 Å². The molecule has 2 nitrogen and oxygen atoms in total. The molecule has 0 saturated carbocycles. The van der Waals surface area contributed by atoms with Crippen LogP contribution in [0.5, 0.6) is 5.75 Å². The number of hydrogen-bond acceptors (Lipinski definition) is 2. The van der Waals surface area contributed by atoms with Gasteiger partial charge < -0.3 is 10.5 Å². The van der Waals surface area contributed by atoms with Crippen molar-refractivity contribution in [3.8, 4) is 5.75 Å². The van der Waals surface area contributed by atoms with Gasteiger partial charge in [0.05, 0.1) is 7.11 Å². The molecule has 21 heavy (non-hydrogen) atoms. The Morgan fingerprint density at radius 3 is 2.52 bits per heavy atom. The minimum absolute atomic E-state index is 0.336. The molecule has 0 bridgehead atoms. The molecule has 2 aromatic carbocycles. The topological polar surface area (TPSA) is 35.2 Å². The predicted octanol–water partition coefficient (Wildman–Crippen LogP) is 3.65. The maximum Gasteiger partial charge on any atom is 0.124 e. The number of fused-ring (bicyclic) bond motifs is 1. The fourth-order valence-corrected chi connectivity index (χ4v) is 3.70. The lowest BCUT2D eigenvalue weighted by atomic mass is 9.73. The Labute approximate surface area is 126 Å². The standard InChI is InChI=1S/C19H23NO/c1-13-10-14(2)18(17(11-13)21-3)19(20)9-8-15-6-4-5-7-16(15)12-19/h4-7,10-11H,8-9,12,20H2,1-3H3. The molecule has 0 saturated heterocycles. The van der Waals surface area contributed by atoms with Gasteiger partial charge in [-0.1, -0.05) is 30.3 Å². The Hall–Kier alpha value is -1.80. The molecule has 0 spiro atoms. The summed E-state index contributed by atoms with van der Waals surface area (Å²) in [4.78, 5) is 0. The quantitative estimate of drug-likeness (QED) is 0.912. The Bertz CT molecular complexity index is 677. The lowest BCUT2D eigenvalue weighted by Gasteiger charge is -2.37. The highest BCUT2D eigenvalue weighted by molar-refractivity contribution is 5.49. The Morgan fingerprint density at radius 2 is 1.81 bits per heavy atom. The first kappa shape index (κ1) is 14.2. The van der Waals surface area contributed by atoms with Gasteiger partial charge in [0.1, 0.15) is 5.75 Å². The molecular weight excluding hydrogens is 258 g/mol. The van der Waals surface area contributed by atoms with Crippen molar-refractivity contribution in [1.82, 2.24) is 0 Å². The molecular formula is C19H23NO. The van der Waals surface area contributed by atoms with Crippen LogP contribution in [0.2, 0.25) is 0 Å². The van der Waals surface area contributed by atoms with Gasteiger partial charge in [0.15, 0.2) is 0 Å². The van der Waals surface area contributed by atoms with Gasteiger partial charge in [-0.15, -0.1) is 0 Å². The lowest BCUT2D eigenvalue weighted by molar-refractivity contribution is 0.347. The summed E-state index contributed by atoms with van der Waals surface area (Å²) in [5.74, 6) is 0.925. The van der Waals surface area contributed by atoms with Crippen LogP contribution in [0.25, 0.3) is 0 Å². The minimum Gasteiger partial charge on any atom is -0.496 e. The van der Waals surface area contributed by atoms with E-state index >= 15 is 0 Å². The third-order valence-electron chi connectivity index (χ3n) is 4.63. The largest absolute Gasteiger partial charge is 0.496 e. The number of methoxy groups -OCH3 is 1. The maximum absolute atomic E-state index is 6.84. The summed E-state index contributed by atoms with van der Waals surface area (Å²) in [6.45, 7) is 4.23. The second-order valence-corrected chi connectivity index (χ2v) is 6.26. The van der Waals surface area contributed by atoms with E-state index in [9.17, 15) is 0 Å². The van der Waals surface area contributed by atoms with Gasteiger partial charge in [0, 0.05) is 11.1 Å². The second kappa shape index (κ2) is 5.19. The van der Waals surface area contributed by atoms with Gasteiger partial charge in [-0.05, 0) is 61.4 Å². The Kier molecular flexibility index (Phi) is 3.50. The Morgan fingerprint density at radius 1 is 1.10 bits per heavy atom. The van der Waals surface area contributed by atoms with Crippen molar-refractivity contribution in [2.45, 2.75) is 38.6 Å². The van der Waals surface area contributed by atoms with E-state index in [0.717, 1.165) is 25.0 Å². The highest BCUT2D eigenvalue weighted by Gasteiger charge is 2.35. The molecule has 0 aliphatic heterocycles. The third-order valence-corrected chi connectivity index (χ3v) is 4.63. The molecule has 0 amide bonds. The summed E-state index contributed by atoms with van der Waals surface area (Å²) in [6.07, 6.45) is 2.87. The van der Waals surface area contributed by atoms with Gasteiger partial charge >= 0.3 is 0 Å². The first-order chi connectivity index (χ1) is 10.0. The molecule has 1 aliphatic rings. The monoisotopic (exact) mass is 281 g/mol. The average molecular weight is 281 g/mol.